The molecule has 0 saturated carbocycles. The highest BCUT2D eigenvalue weighted by Gasteiger charge is 2.28. The SMILES string of the molecule is CC(C)c1nc(C(=O)N2CCCc3ccccc32)nn1-c1cccc(F)c1. The molecule has 138 valence electrons. The van der Waals surface area contributed by atoms with E-state index in [-0.39, 0.29) is 23.5 Å². The van der Waals surface area contributed by atoms with Gasteiger partial charge in [0.05, 0.1) is 5.69 Å². The van der Waals surface area contributed by atoms with Gasteiger partial charge in [0.25, 0.3) is 5.91 Å². The van der Waals surface area contributed by atoms with E-state index in [1.54, 1.807) is 21.7 Å². The Balaban J connectivity index is 1.75. The predicted molar refractivity (Wildman–Crippen MR) is 102 cm³/mol. The van der Waals surface area contributed by atoms with Gasteiger partial charge in [0, 0.05) is 18.2 Å². The summed E-state index contributed by atoms with van der Waals surface area (Å²) in [4.78, 5) is 19.4. The minimum atomic E-state index is -0.351. The van der Waals surface area contributed by atoms with Crippen molar-refractivity contribution in [2.75, 3.05) is 11.4 Å². The zero-order valence-electron chi connectivity index (χ0n) is 15.4. The predicted octanol–water partition coefficient (Wildman–Crippen LogP) is 4.12. The van der Waals surface area contributed by atoms with Crippen molar-refractivity contribution in [2.45, 2.75) is 32.6 Å². The van der Waals surface area contributed by atoms with Crippen LogP contribution in [0.4, 0.5) is 10.1 Å². The monoisotopic (exact) mass is 364 g/mol. The first-order valence-corrected chi connectivity index (χ1v) is 9.17. The highest BCUT2D eigenvalue weighted by Crippen LogP contribution is 2.28. The van der Waals surface area contributed by atoms with E-state index in [9.17, 15) is 9.18 Å². The number of halogens is 1. The van der Waals surface area contributed by atoms with E-state index in [1.807, 2.05) is 38.1 Å². The van der Waals surface area contributed by atoms with E-state index in [2.05, 4.69) is 10.1 Å². The van der Waals surface area contributed by atoms with Crippen LogP contribution in [0.2, 0.25) is 0 Å². The van der Waals surface area contributed by atoms with Crippen molar-refractivity contribution >= 4 is 11.6 Å². The second-order valence-corrected chi connectivity index (χ2v) is 7.03. The first-order valence-electron chi connectivity index (χ1n) is 9.17. The maximum Gasteiger partial charge on any atom is 0.297 e. The Bertz CT molecular complexity index is 995. The highest BCUT2D eigenvalue weighted by atomic mass is 19.1. The molecule has 0 saturated heterocycles. The van der Waals surface area contributed by atoms with Crippen LogP contribution in [-0.2, 0) is 6.42 Å². The average molecular weight is 364 g/mol. The van der Waals surface area contributed by atoms with Crippen molar-refractivity contribution in [1.29, 1.82) is 0 Å². The Morgan fingerprint density at radius 2 is 1.96 bits per heavy atom. The van der Waals surface area contributed by atoms with Gasteiger partial charge in [-0.2, -0.15) is 0 Å². The number of nitrogens with zero attached hydrogens (tertiary/aromatic N) is 4. The normalized spacial score (nSPS) is 13.7. The fourth-order valence-electron chi connectivity index (χ4n) is 3.45. The van der Waals surface area contributed by atoms with Gasteiger partial charge in [0.1, 0.15) is 11.6 Å². The lowest BCUT2D eigenvalue weighted by molar-refractivity contribution is 0.0975. The number of aryl methyl sites for hydroxylation is 1. The van der Waals surface area contributed by atoms with E-state index >= 15 is 0 Å². The van der Waals surface area contributed by atoms with E-state index in [1.165, 1.54) is 12.1 Å². The molecule has 0 atom stereocenters. The third-order valence-corrected chi connectivity index (χ3v) is 4.75. The molecular weight excluding hydrogens is 343 g/mol. The third kappa shape index (κ3) is 3.23. The number of carbonyl (C=O) groups is 1. The Morgan fingerprint density at radius 3 is 2.74 bits per heavy atom. The van der Waals surface area contributed by atoms with Crippen LogP contribution < -0.4 is 4.90 Å². The van der Waals surface area contributed by atoms with Crippen LogP contribution >= 0.6 is 0 Å². The van der Waals surface area contributed by atoms with E-state index < -0.39 is 0 Å². The molecule has 2 aromatic carbocycles. The molecule has 1 amide bonds. The van der Waals surface area contributed by atoms with Crippen LogP contribution in [0.3, 0.4) is 0 Å². The van der Waals surface area contributed by atoms with Crippen molar-refractivity contribution in [3.05, 3.63) is 71.6 Å². The van der Waals surface area contributed by atoms with Gasteiger partial charge >= 0.3 is 0 Å². The molecule has 0 bridgehead atoms. The van der Waals surface area contributed by atoms with E-state index in [0.29, 0.717) is 18.1 Å². The smallest absolute Gasteiger partial charge is 0.297 e. The number of anilines is 1. The summed E-state index contributed by atoms with van der Waals surface area (Å²) in [6.07, 6.45) is 1.87. The molecule has 2 heterocycles. The minimum absolute atomic E-state index is 0.0379. The van der Waals surface area contributed by atoms with Crippen LogP contribution in [0, 0.1) is 5.82 Å². The zero-order chi connectivity index (χ0) is 19.0. The summed E-state index contributed by atoms with van der Waals surface area (Å²) in [6, 6.07) is 14.1. The Kier molecular flexibility index (Phi) is 4.48. The van der Waals surface area contributed by atoms with Crippen molar-refractivity contribution in [3.63, 3.8) is 0 Å². The second-order valence-electron chi connectivity index (χ2n) is 7.03. The van der Waals surface area contributed by atoms with Crippen molar-refractivity contribution in [2.24, 2.45) is 0 Å². The molecule has 0 radical (unpaired) electrons. The van der Waals surface area contributed by atoms with Gasteiger partial charge in [-0.15, -0.1) is 5.10 Å². The van der Waals surface area contributed by atoms with Gasteiger partial charge in [0.2, 0.25) is 5.82 Å². The standard InChI is InChI=1S/C21H21FN4O/c1-14(2)20-23-19(24-26(20)17-10-5-9-16(22)13-17)21(27)25-12-6-8-15-7-3-4-11-18(15)25/h3-5,7,9-11,13-14H,6,8,12H2,1-2H3. The summed E-state index contributed by atoms with van der Waals surface area (Å²) in [5.41, 5.74) is 2.64. The summed E-state index contributed by atoms with van der Waals surface area (Å²) < 4.78 is 15.2. The minimum Gasteiger partial charge on any atom is -0.305 e. The number of rotatable bonds is 3. The lowest BCUT2D eigenvalue weighted by Crippen LogP contribution is -2.36. The lowest BCUT2D eigenvalue weighted by Gasteiger charge is -2.28. The molecule has 0 aliphatic carbocycles. The lowest BCUT2D eigenvalue weighted by atomic mass is 10.0. The molecule has 6 heteroatoms. The summed E-state index contributed by atoms with van der Waals surface area (Å²) in [6.45, 7) is 4.59. The van der Waals surface area contributed by atoms with Gasteiger partial charge in [-0.05, 0) is 42.7 Å². The van der Waals surface area contributed by atoms with Crippen LogP contribution in [0.15, 0.2) is 48.5 Å². The topological polar surface area (TPSA) is 51.0 Å². The summed E-state index contributed by atoms with van der Waals surface area (Å²) in [5.74, 6) is 0.236. The molecular formula is C21H21FN4O. The van der Waals surface area contributed by atoms with Crippen LogP contribution in [0.5, 0.6) is 0 Å². The average Bonchev–Trinajstić information content (AvgIpc) is 3.13. The third-order valence-electron chi connectivity index (χ3n) is 4.75. The number of hydrogen-bond acceptors (Lipinski definition) is 3. The molecule has 27 heavy (non-hydrogen) atoms. The fraction of sp³-hybridized carbons (Fsp3) is 0.286. The summed E-state index contributed by atoms with van der Waals surface area (Å²) >= 11 is 0. The molecule has 1 aliphatic heterocycles. The molecule has 1 aromatic heterocycles. The summed E-state index contributed by atoms with van der Waals surface area (Å²) in [7, 11) is 0. The van der Waals surface area contributed by atoms with Gasteiger partial charge in [-0.25, -0.2) is 14.1 Å². The van der Waals surface area contributed by atoms with Crippen molar-refractivity contribution < 1.29 is 9.18 Å². The number of carbonyl (C=O) groups excluding carboxylic acids is 1. The molecule has 0 fully saturated rings. The first-order chi connectivity index (χ1) is 13.0. The molecule has 3 aromatic rings. The second kappa shape index (κ2) is 6.95. The first kappa shape index (κ1) is 17.4. The summed E-state index contributed by atoms with van der Waals surface area (Å²) in [5, 5.41) is 4.44. The number of hydrogen-bond donors (Lipinski definition) is 0. The van der Waals surface area contributed by atoms with Gasteiger partial charge in [-0.3, -0.25) is 4.79 Å². The molecule has 0 spiro atoms. The largest absolute Gasteiger partial charge is 0.305 e. The van der Waals surface area contributed by atoms with Gasteiger partial charge in [0.15, 0.2) is 0 Å². The van der Waals surface area contributed by atoms with E-state index in [0.717, 1.165) is 24.1 Å². The molecule has 4 rings (SSSR count). The fourth-order valence-corrected chi connectivity index (χ4v) is 3.45. The van der Waals surface area contributed by atoms with Crippen LogP contribution in [0.1, 0.15) is 48.2 Å². The molecule has 0 unspecified atom stereocenters. The Morgan fingerprint density at radius 1 is 1.15 bits per heavy atom. The maximum atomic E-state index is 13.7. The van der Waals surface area contributed by atoms with Crippen molar-refractivity contribution in [3.8, 4) is 5.69 Å². The Hall–Kier alpha value is -3.02. The number of amides is 1. The number of aromatic nitrogens is 3. The molecule has 5 nitrogen and oxygen atoms in total. The number of para-hydroxylation sites is 1. The van der Waals surface area contributed by atoms with Gasteiger partial charge < -0.3 is 4.90 Å². The number of fused-ring (bicyclic) bond motifs is 1. The van der Waals surface area contributed by atoms with Gasteiger partial charge in [-0.1, -0.05) is 38.1 Å². The maximum absolute atomic E-state index is 13.7. The zero-order valence-corrected chi connectivity index (χ0v) is 15.4. The quantitative estimate of drug-likeness (QED) is 0.702. The van der Waals surface area contributed by atoms with Crippen molar-refractivity contribution in [1.82, 2.24) is 14.8 Å². The van der Waals surface area contributed by atoms with Crippen LogP contribution in [-0.4, -0.2) is 27.2 Å². The highest BCUT2D eigenvalue weighted by molar-refractivity contribution is 6.04. The van der Waals surface area contributed by atoms with E-state index in [4.69, 9.17) is 0 Å². The van der Waals surface area contributed by atoms with Crippen LogP contribution in [0.25, 0.3) is 5.69 Å². The molecule has 1 aliphatic rings. The molecule has 0 N–H and O–H groups in total. The number of benzene rings is 2. The Labute approximate surface area is 157 Å².